The van der Waals surface area contributed by atoms with E-state index in [4.69, 9.17) is 10.2 Å². The predicted octanol–water partition coefficient (Wildman–Crippen LogP) is -0.190. The monoisotopic (exact) mass is 273 g/mol. The maximum Gasteiger partial charge on any atom is 0.355 e. The first-order valence-electron chi connectivity index (χ1n) is 5.46. The highest BCUT2D eigenvalue weighted by atomic mass is 19.0. The summed E-state index contributed by atoms with van der Waals surface area (Å²) >= 11 is 0. The molecule has 1 aromatic heterocycles. The van der Waals surface area contributed by atoms with Crippen LogP contribution in [0.25, 0.3) is 0 Å². The van der Waals surface area contributed by atoms with Crippen molar-refractivity contribution in [3.63, 3.8) is 0 Å². The van der Waals surface area contributed by atoms with Gasteiger partial charge >= 0.3 is 11.9 Å². The number of carbonyl (C=O) groups is 2. The lowest BCUT2D eigenvalue weighted by Crippen LogP contribution is -2.39. The number of carboxylic acid groups (broad SMARTS) is 2. The molecule has 1 saturated heterocycles. The fraction of sp³-hybridized carbons (Fsp3) is 0.364. The van der Waals surface area contributed by atoms with E-state index < -0.39 is 17.6 Å². The first-order chi connectivity index (χ1) is 8.63. The van der Waals surface area contributed by atoms with Crippen molar-refractivity contribution in [3.8, 4) is 0 Å². The van der Waals surface area contributed by atoms with Crippen molar-refractivity contribution < 1.29 is 24.5 Å². The van der Waals surface area contributed by atoms with Gasteiger partial charge in [0.1, 0.15) is 0 Å². The second-order valence-electron chi connectivity index (χ2n) is 3.51. The first kappa shape index (κ1) is 16.9. The molecule has 8 heteroatoms. The molecule has 19 heavy (non-hydrogen) atoms. The quantitative estimate of drug-likeness (QED) is 0.591. The van der Waals surface area contributed by atoms with Crippen molar-refractivity contribution in [2.75, 3.05) is 26.2 Å². The molecule has 0 radical (unpaired) electrons. The molecule has 0 saturated carbocycles. The Labute approximate surface area is 109 Å². The third-order valence-corrected chi connectivity index (χ3v) is 2.20. The van der Waals surface area contributed by atoms with E-state index in [-0.39, 0.29) is 10.3 Å². The van der Waals surface area contributed by atoms with E-state index >= 15 is 0 Å². The van der Waals surface area contributed by atoms with Gasteiger partial charge in [-0.25, -0.2) is 14.6 Å². The van der Waals surface area contributed by atoms with Gasteiger partial charge in [0.2, 0.25) is 0 Å². The third kappa shape index (κ3) is 5.89. The number of nitrogens with one attached hydrogen (secondary N) is 2. The lowest BCUT2D eigenvalue weighted by Gasteiger charge is -2.11. The van der Waals surface area contributed by atoms with Crippen molar-refractivity contribution in [3.05, 3.63) is 29.6 Å². The molecular weight excluding hydrogens is 257 g/mol. The Morgan fingerprint density at radius 2 is 1.58 bits per heavy atom. The fourth-order valence-electron chi connectivity index (χ4n) is 1.35. The second kappa shape index (κ2) is 8.95. The number of rotatable bonds is 2. The maximum atomic E-state index is 10.4. The molecule has 0 spiro atoms. The molecule has 0 bridgehead atoms. The van der Waals surface area contributed by atoms with Crippen LogP contribution in [-0.4, -0.2) is 53.3 Å². The van der Waals surface area contributed by atoms with E-state index in [2.05, 4.69) is 15.6 Å². The topological polar surface area (TPSA) is 112 Å². The van der Waals surface area contributed by atoms with E-state index in [9.17, 15) is 9.59 Å². The SMILES string of the molecule is C1CNCCN1.F.O=C(O)c1cccnc1C(=O)O. The number of carboxylic acids is 2. The zero-order valence-corrected chi connectivity index (χ0v) is 10.1. The van der Waals surface area contributed by atoms with Gasteiger partial charge in [0, 0.05) is 32.4 Å². The number of hydrogen-bond donors (Lipinski definition) is 4. The van der Waals surface area contributed by atoms with Crippen LogP contribution in [0.4, 0.5) is 4.70 Å². The average Bonchev–Trinajstić information content (AvgIpc) is 2.41. The summed E-state index contributed by atoms with van der Waals surface area (Å²) in [7, 11) is 0. The lowest BCUT2D eigenvalue weighted by atomic mass is 10.2. The molecule has 0 atom stereocenters. The molecule has 4 N–H and O–H groups in total. The van der Waals surface area contributed by atoms with Gasteiger partial charge in [0.15, 0.2) is 5.69 Å². The maximum absolute atomic E-state index is 10.4. The van der Waals surface area contributed by atoms with E-state index in [1.807, 2.05) is 0 Å². The van der Waals surface area contributed by atoms with Crippen LogP contribution < -0.4 is 10.6 Å². The van der Waals surface area contributed by atoms with Gasteiger partial charge in [-0.05, 0) is 12.1 Å². The van der Waals surface area contributed by atoms with Crippen LogP contribution >= 0.6 is 0 Å². The normalized spacial score (nSPS) is 13.5. The highest BCUT2D eigenvalue weighted by Gasteiger charge is 2.15. The summed E-state index contributed by atoms with van der Waals surface area (Å²) < 4.78 is 0. The summed E-state index contributed by atoms with van der Waals surface area (Å²) in [5.41, 5.74) is -0.741. The van der Waals surface area contributed by atoms with Crippen molar-refractivity contribution in [1.29, 1.82) is 0 Å². The van der Waals surface area contributed by atoms with Crippen LogP contribution in [-0.2, 0) is 0 Å². The van der Waals surface area contributed by atoms with E-state index in [1.54, 1.807) is 0 Å². The largest absolute Gasteiger partial charge is 0.478 e. The number of pyridine rings is 1. The van der Waals surface area contributed by atoms with Gasteiger partial charge in [-0.1, -0.05) is 0 Å². The Balaban J connectivity index is 0.000000392. The van der Waals surface area contributed by atoms with E-state index in [1.165, 1.54) is 18.3 Å². The van der Waals surface area contributed by atoms with Crippen LogP contribution in [0, 0.1) is 0 Å². The number of aromatic carboxylic acids is 2. The van der Waals surface area contributed by atoms with Crippen molar-refractivity contribution >= 4 is 11.9 Å². The Kier molecular flexibility index (Phi) is 7.98. The molecule has 2 heterocycles. The van der Waals surface area contributed by atoms with Crippen LogP contribution in [0.15, 0.2) is 18.3 Å². The molecule has 0 aromatic carbocycles. The molecule has 1 fully saturated rings. The molecule has 0 amide bonds. The minimum absolute atomic E-state index is 0. The third-order valence-electron chi connectivity index (χ3n) is 2.20. The summed E-state index contributed by atoms with van der Waals surface area (Å²) in [4.78, 5) is 24.2. The van der Waals surface area contributed by atoms with Crippen LogP contribution in [0.1, 0.15) is 20.8 Å². The van der Waals surface area contributed by atoms with Gasteiger partial charge in [-0.3, -0.25) is 4.70 Å². The molecule has 1 aliphatic rings. The van der Waals surface area contributed by atoms with Crippen molar-refractivity contribution in [2.24, 2.45) is 0 Å². The van der Waals surface area contributed by atoms with Gasteiger partial charge in [-0.2, -0.15) is 0 Å². The van der Waals surface area contributed by atoms with Crippen LogP contribution in [0.2, 0.25) is 0 Å². The number of aromatic nitrogens is 1. The zero-order valence-electron chi connectivity index (χ0n) is 10.1. The summed E-state index contributed by atoms with van der Waals surface area (Å²) in [5, 5.41) is 23.4. The Morgan fingerprint density at radius 3 is 1.89 bits per heavy atom. The molecule has 106 valence electrons. The molecule has 0 aliphatic carbocycles. The van der Waals surface area contributed by atoms with Gasteiger partial charge in [0.25, 0.3) is 0 Å². The highest BCUT2D eigenvalue weighted by molar-refractivity contribution is 5.99. The van der Waals surface area contributed by atoms with E-state index in [0.29, 0.717) is 0 Å². The Hall–Kier alpha value is -2.06. The molecule has 1 aromatic rings. The smallest absolute Gasteiger partial charge is 0.355 e. The molecular formula is C11H16FN3O4. The number of piperazine rings is 1. The molecule has 2 rings (SSSR count). The standard InChI is InChI=1S/C7H5NO4.C4H10N2.FH/c9-6(10)4-2-1-3-8-5(4)7(11)12;1-2-6-4-3-5-1;/h1-3H,(H,9,10)(H,11,12);5-6H,1-4H2;1H. The summed E-state index contributed by atoms with van der Waals surface area (Å²) in [6.45, 7) is 4.56. The second-order valence-corrected chi connectivity index (χ2v) is 3.51. The number of nitrogens with zero attached hydrogens (tertiary/aromatic N) is 1. The number of halogens is 1. The van der Waals surface area contributed by atoms with E-state index in [0.717, 1.165) is 26.2 Å². The van der Waals surface area contributed by atoms with Gasteiger partial charge in [-0.15, -0.1) is 0 Å². The summed E-state index contributed by atoms with van der Waals surface area (Å²) in [6, 6.07) is 2.56. The van der Waals surface area contributed by atoms with Crippen LogP contribution in [0.3, 0.4) is 0 Å². The molecule has 0 unspecified atom stereocenters. The van der Waals surface area contributed by atoms with Crippen LogP contribution in [0.5, 0.6) is 0 Å². The summed E-state index contributed by atoms with van der Waals surface area (Å²) in [5.74, 6) is -2.63. The molecule has 1 aliphatic heterocycles. The number of hydrogen-bond acceptors (Lipinski definition) is 5. The zero-order chi connectivity index (χ0) is 13.4. The van der Waals surface area contributed by atoms with Crippen molar-refractivity contribution in [2.45, 2.75) is 0 Å². The first-order valence-corrected chi connectivity index (χ1v) is 5.46. The fourth-order valence-corrected chi connectivity index (χ4v) is 1.35. The minimum Gasteiger partial charge on any atom is -0.478 e. The van der Waals surface area contributed by atoms with Gasteiger partial charge in [0.05, 0.1) is 5.56 Å². The average molecular weight is 273 g/mol. The molecule has 7 nitrogen and oxygen atoms in total. The highest BCUT2D eigenvalue weighted by Crippen LogP contribution is 2.04. The summed E-state index contributed by atoms with van der Waals surface area (Å²) in [6.07, 6.45) is 1.23. The lowest BCUT2D eigenvalue weighted by molar-refractivity contribution is 0.0646. The predicted molar refractivity (Wildman–Crippen MR) is 66.4 cm³/mol. The van der Waals surface area contributed by atoms with Gasteiger partial charge < -0.3 is 20.8 Å². The minimum atomic E-state index is -1.34. The Morgan fingerprint density at radius 1 is 1.05 bits per heavy atom. The van der Waals surface area contributed by atoms with Crippen molar-refractivity contribution in [1.82, 2.24) is 15.6 Å². The Bertz CT molecular complexity index is 380.